The molecule has 2 saturated heterocycles. The van der Waals surface area contributed by atoms with Gasteiger partial charge in [-0.05, 0) is 30.5 Å². The molecular weight excluding hydrogens is 275 g/mol. The molecule has 1 N–H and O–H groups in total. The van der Waals surface area contributed by atoms with E-state index in [2.05, 4.69) is 5.32 Å². The van der Waals surface area contributed by atoms with Crippen molar-refractivity contribution >= 4 is 11.9 Å². The fourth-order valence-electron chi connectivity index (χ4n) is 2.85. The van der Waals surface area contributed by atoms with Crippen molar-refractivity contribution in [3.05, 3.63) is 35.6 Å². The van der Waals surface area contributed by atoms with Crippen molar-refractivity contribution in [3.63, 3.8) is 0 Å². The van der Waals surface area contributed by atoms with Gasteiger partial charge in [-0.2, -0.15) is 0 Å². The number of ether oxygens (including phenoxy) is 1. The number of benzene rings is 1. The molecule has 3 amide bonds. The number of hydrogen-bond acceptors (Lipinski definition) is 3. The summed E-state index contributed by atoms with van der Waals surface area (Å²) < 4.78 is 18.3. The number of aryl methyl sites for hydroxylation is 1. The lowest BCUT2D eigenvalue weighted by Crippen LogP contribution is -2.47. The maximum Gasteiger partial charge on any atom is 0.325 e. The quantitative estimate of drug-likeness (QED) is 0.855. The summed E-state index contributed by atoms with van der Waals surface area (Å²) in [6.45, 7) is 1.07. The fourth-order valence-corrected chi connectivity index (χ4v) is 2.85. The van der Waals surface area contributed by atoms with E-state index in [1.807, 2.05) is 6.07 Å². The van der Waals surface area contributed by atoms with Crippen molar-refractivity contribution in [3.8, 4) is 0 Å². The first kappa shape index (κ1) is 14.0. The van der Waals surface area contributed by atoms with Crippen molar-refractivity contribution in [2.45, 2.75) is 24.8 Å². The molecule has 6 heteroatoms. The summed E-state index contributed by atoms with van der Waals surface area (Å²) in [5.74, 6) is -0.478. The van der Waals surface area contributed by atoms with Crippen LogP contribution in [0.1, 0.15) is 18.4 Å². The number of carbonyl (C=O) groups is 2. The van der Waals surface area contributed by atoms with E-state index in [4.69, 9.17) is 4.74 Å². The van der Waals surface area contributed by atoms with Gasteiger partial charge in [-0.1, -0.05) is 12.1 Å². The third-order valence-corrected chi connectivity index (χ3v) is 4.00. The van der Waals surface area contributed by atoms with Crippen LogP contribution in [-0.4, -0.2) is 42.1 Å². The molecule has 2 aliphatic heterocycles. The fraction of sp³-hybridized carbons (Fsp3) is 0.467. The normalized spacial score (nSPS) is 24.9. The third kappa shape index (κ3) is 2.63. The molecular formula is C15H17FN2O3. The van der Waals surface area contributed by atoms with Crippen molar-refractivity contribution < 1.29 is 18.7 Å². The van der Waals surface area contributed by atoms with Crippen LogP contribution in [0.2, 0.25) is 0 Å². The predicted molar refractivity (Wildman–Crippen MR) is 73.1 cm³/mol. The first-order valence-corrected chi connectivity index (χ1v) is 7.07. The molecule has 21 heavy (non-hydrogen) atoms. The zero-order chi connectivity index (χ0) is 14.9. The Morgan fingerprint density at radius 2 is 2.24 bits per heavy atom. The molecule has 1 aromatic rings. The van der Waals surface area contributed by atoms with Crippen LogP contribution in [0.3, 0.4) is 0 Å². The van der Waals surface area contributed by atoms with Crippen molar-refractivity contribution in [2.24, 2.45) is 0 Å². The van der Waals surface area contributed by atoms with E-state index in [0.29, 0.717) is 32.4 Å². The maximum atomic E-state index is 13.1. The van der Waals surface area contributed by atoms with E-state index in [9.17, 15) is 14.0 Å². The van der Waals surface area contributed by atoms with Gasteiger partial charge in [0.05, 0.1) is 6.61 Å². The number of hydrogen-bond donors (Lipinski definition) is 1. The summed E-state index contributed by atoms with van der Waals surface area (Å²) in [6.07, 6.45) is 1.76. The minimum atomic E-state index is -0.851. The predicted octanol–water partition coefficient (Wildman–Crippen LogP) is 1.47. The number of imide groups is 1. The summed E-state index contributed by atoms with van der Waals surface area (Å²) >= 11 is 0. The topological polar surface area (TPSA) is 58.6 Å². The molecule has 112 valence electrons. The number of nitrogens with one attached hydrogen (secondary N) is 1. The summed E-state index contributed by atoms with van der Waals surface area (Å²) in [7, 11) is 0. The Morgan fingerprint density at radius 1 is 1.38 bits per heavy atom. The van der Waals surface area contributed by atoms with Gasteiger partial charge in [0, 0.05) is 19.6 Å². The highest BCUT2D eigenvalue weighted by Crippen LogP contribution is 2.27. The van der Waals surface area contributed by atoms with Crippen LogP contribution in [0.15, 0.2) is 24.3 Å². The molecule has 3 rings (SSSR count). The minimum Gasteiger partial charge on any atom is -0.378 e. The highest BCUT2D eigenvalue weighted by Gasteiger charge is 2.53. The van der Waals surface area contributed by atoms with Crippen molar-refractivity contribution in [1.29, 1.82) is 0 Å². The molecule has 1 aromatic carbocycles. The number of amides is 3. The van der Waals surface area contributed by atoms with Gasteiger partial charge in [-0.25, -0.2) is 9.18 Å². The highest BCUT2D eigenvalue weighted by atomic mass is 19.1. The first-order chi connectivity index (χ1) is 10.1. The zero-order valence-corrected chi connectivity index (χ0v) is 11.6. The van der Waals surface area contributed by atoms with Crippen molar-refractivity contribution in [1.82, 2.24) is 10.2 Å². The molecule has 1 atom stereocenters. The monoisotopic (exact) mass is 292 g/mol. The average molecular weight is 292 g/mol. The molecule has 5 nitrogen and oxygen atoms in total. The molecule has 0 bridgehead atoms. The van der Waals surface area contributed by atoms with Gasteiger partial charge in [-0.3, -0.25) is 9.69 Å². The number of urea groups is 1. The van der Waals surface area contributed by atoms with Gasteiger partial charge in [0.25, 0.3) is 5.91 Å². The molecule has 0 saturated carbocycles. The van der Waals surface area contributed by atoms with Gasteiger partial charge >= 0.3 is 6.03 Å². The second kappa shape index (κ2) is 5.44. The van der Waals surface area contributed by atoms with E-state index in [1.165, 1.54) is 17.0 Å². The second-order valence-corrected chi connectivity index (χ2v) is 5.51. The Morgan fingerprint density at radius 3 is 2.95 bits per heavy atom. The van der Waals surface area contributed by atoms with Crippen LogP contribution in [0.4, 0.5) is 9.18 Å². The first-order valence-electron chi connectivity index (χ1n) is 7.07. The van der Waals surface area contributed by atoms with Crippen LogP contribution in [0.25, 0.3) is 0 Å². The lowest BCUT2D eigenvalue weighted by molar-refractivity contribution is -0.131. The molecule has 2 aliphatic rings. The Hall–Kier alpha value is -1.95. The van der Waals surface area contributed by atoms with E-state index >= 15 is 0 Å². The summed E-state index contributed by atoms with van der Waals surface area (Å²) in [4.78, 5) is 25.5. The molecule has 0 unspecified atom stereocenters. The van der Waals surface area contributed by atoms with Crippen LogP contribution in [0.5, 0.6) is 0 Å². The Kier molecular flexibility index (Phi) is 3.63. The summed E-state index contributed by atoms with van der Waals surface area (Å²) in [6, 6.07) is 6.00. The average Bonchev–Trinajstić information content (AvgIpc) is 3.00. The van der Waals surface area contributed by atoms with Gasteiger partial charge < -0.3 is 10.1 Å². The van der Waals surface area contributed by atoms with E-state index in [0.717, 1.165) is 5.56 Å². The zero-order valence-electron chi connectivity index (χ0n) is 11.6. The third-order valence-electron chi connectivity index (χ3n) is 4.00. The standard InChI is InChI=1S/C15H17FN2O3/c16-12-5-1-3-11(9-12)4-2-7-18-13(19)15(17-14(18)20)6-8-21-10-15/h1,3,5,9H,2,4,6-8,10H2,(H,17,20)/t15-/m0/s1. The van der Waals surface area contributed by atoms with Gasteiger partial charge in [0.15, 0.2) is 0 Å². The van der Waals surface area contributed by atoms with Crippen LogP contribution < -0.4 is 5.32 Å². The maximum absolute atomic E-state index is 13.1. The van der Waals surface area contributed by atoms with Gasteiger partial charge in [0.2, 0.25) is 0 Å². The second-order valence-electron chi connectivity index (χ2n) is 5.51. The summed E-state index contributed by atoms with van der Waals surface area (Å²) in [5, 5.41) is 2.74. The molecule has 2 heterocycles. The molecule has 2 fully saturated rings. The molecule has 0 aromatic heterocycles. The number of rotatable bonds is 4. The van der Waals surface area contributed by atoms with E-state index in [-0.39, 0.29) is 24.4 Å². The van der Waals surface area contributed by atoms with Gasteiger partial charge in [-0.15, -0.1) is 0 Å². The molecule has 0 radical (unpaired) electrons. The number of halogens is 1. The SMILES string of the molecule is O=C1N[C@]2(CCOC2)C(=O)N1CCCc1cccc(F)c1. The lowest BCUT2D eigenvalue weighted by atomic mass is 9.99. The molecule has 0 aliphatic carbocycles. The van der Waals surface area contributed by atoms with E-state index in [1.54, 1.807) is 6.07 Å². The number of carbonyl (C=O) groups excluding carboxylic acids is 2. The minimum absolute atomic E-state index is 0.204. The van der Waals surface area contributed by atoms with Gasteiger partial charge in [0.1, 0.15) is 11.4 Å². The Balaban J connectivity index is 1.58. The lowest BCUT2D eigenvalue weighted by Gasteiger charge is -2.18. The van der Waals surface area contributed by atoms with Crippen LogP contribution in [0, 0.1) is 5.82 Å². The van der Waals surface area contributed by atoms with Crippen LogP contribution in [-0.2, 0) is 16.0 Å². The summed E-state index contributed by atoms with van der Waals surface area (Å²) in [5.41, 5.74) is 0.0108. The van der Waals surface area contributed by atoms with Crippen molar-refractivity contribution in [2.75, 3.05) is 19.8 Å². The Labute approximate surface area is 122 Å². The smallest absolute Gasteiger partial charge is 0.325 e. The van der Waals surface area contributed by atoms with E-state index < -0.39 is 5.54 Å². The Bertz CT molecular complexity index is 570. The van der Waals surface area contributed by atoms with Crippen LogP contribution >= 0.6 is 0 Å². The molecule has 1 spiro atoms. The number of nitrogens with zero attached hydrogens (tertiary/aromatic N) is 1. The highest BCUT2D eigenvalue weighted by molar-refractivity contribution is 6.07. The largest absolute Gasteiger partial charge is 0.378 e.